The molecule has 1 heterocycles. The second-order valence-corrected chi connectivity index (χ2v) is 17.2. The molecule has 0 saturated heterocycles. The summed E-state index contributed by atoms with van der Waals surface area (Å²) in [7, 11) is 0. The van der Waals surface area contributed by atoms with Gasteiger partial charge >= 0.3 is 5.97 Å². The van der Waals surface area contributed by atoms with Crippen LogP contribution >= 0.6 is 11.6 Å². The molecule has 0 spiro atoms. The van der Waals surface area contributed by atoms with Crippen LogP contribution in [-0.2, 0) is 19.1 Å². The van der Waals surface area contributed by atoms with Gasteiger partial charge in [-0.1, -0.05) is 62.2 Å². The highest BCUT2D eigenvalue weighted by atomic mass is 35.5. The molecule has 282 valence electrons. The van der Waals surface area contributed by atoms with Gasteiger partial charge in [0.1, 0.15) is 5.60 Å². The number of anilines is 1. The van der Waals surface area contributed by atoms with Crippen molar-refractivity contribution >= 4 is 51.5 Å². The molecular weight excluding hydrogens is 711 g/mol. The number of ketones is 2. The molecule has 5 aliphatic carbocycles. The average molecular weight is 755 g/mol. The SMILES string of the molecule is CC1C(C(=O)Nc2ccc3cncc(Cl)c3c2)C1c1cccc(C(=O)OCC(=O)[C@@]2(O)[C@H](C)C[C@H]3[C@@H]4CCC5=CC(=O)C=C[C@]5(C)[C@@]4(F)[C@@H](O)C[C@@]32C)c1. The highest BCUT2D eigenvalue weighted by Gasteiger charge is 2.75. The van der Waals surface area contributed by atoms with Crippen LogP contribution in [0.5, 0.6) is 0 Å². The van der Waals surface area contributed by atoms with Gasteiger partial charge in [-0.3, -0.25) is 19.4 Å². The van der Waals surface area contributed by atoms with Crippen LogP contribution in [0.15, 0.2) is 78.7 Å². The Labute approximate surface area is 318 Å². The van der Waals surface area contributed by atoms with Gasteiger partial charge in [0.15, 0.2) is 18.1 Å². The zero-order valence-corrected chi connectivity index (χ0v) is 31.4. The number of ether oxygens (including phenoxy) is 1. The van der Waals surface area contributed by atoms with Crippen molar-refractivity contribution < 1.29 is 38.5 Å². The Morgan fingerprint density at radius 2 is 1.87 bits per heavy atom. The summed E-state index contributed by atoms with van der Waals surface area (Å²) in [5.41, 5.74) is -4.17. The van der Waals surface area contributed by atoms with Crippen LogP contribution in [0.25, 0.3) is 10.8 Å². The molecule has 2 aromatic carbocycles. The number of nitrogens with zero attached hydrogens (tertiary/aromatic N) is 1. The van der Waals surface area contributed by atoms with Gasteiger partial charge in [0.2, 0.25) is 11.7 Å². The maximum atomic E-state index is 17.5. The number of rotatable bonds is 7. The number of esters is 1. The summed E-state index contributed by atoms with van der Waals surface area (Å²) in [6.45, 7) is 6.51. The van der Waals surface area contributed by atoms with E-state index in [1.54, 1.807) is 63.5 Å². The lowest BCUT2D eigenvalue weighted by molar-refractivity contribution is -0.219. The maximum absolute atomic E-state index is 17.5. The fraction of sp³-hybridized carbons (Fsp3) is 0.465. The predicted octanol–water partition coefficient (Wildman–Crippen LogP) is 6.95. The Hall–Kier alpha value is -4.25. The van der Waals surface area contributed by atoms with Crippen molar-refractivity contribution in [2.75, 3.05) is 11.9 Å². The summed E-state index contributed by atoms with van der Waals surface area (Å²) >= 11 is 6.31. The number of allylic oxidation sites excluding steroid dienone is 4. The molecule has 54 heavy (non-hydrogen) atoms. The Morgan fingerprint density at radius 1 is 1.09 bits per heavy atom. The average Bonchev–Trinajstić information content (AvgIpc) is 3.78. The molecule has 3 aromatic rings. The third-order valence-corrected chi connectivity index (χ3v) is 14.5. The van der Waals surface area contributed by atoms with E-state index in [2.05, 4.69) is 10.3 Å². The van der Waals surface area contributed by atoms with Crippen molar-refractivity contribution in [1.29, 1.82) is 0 Å². The van der Waals surface area contributed by atoms with E-state index >= 15 is 4.39 Å². The van der Waals surface area contributed by atoms with Crippen molar-refractivity contribution in [2.24, 2.45) is 40.4 Å². The van der Waals surface area contributed by atoms with Crippen molar-refractivity contribution in [3.63, 3.8) is 0 Å². The predicted molar refractivity (Wildman–Crippen MR) is 200 cm³/mol. The Kier molecular flexibility index (Phi) is 8.60. The van der Waals surface area contributed by atoms with Gasteiger partial charge < -0.3 is 20.3 Å². The first-order chi connectivity index (χ1) is 25.5. The quantitative estimate of drug-likeness (QED) is 0.220. The van der Waals surface area contributed by atoms with E-state index in [0.717, 1.165) is 16.3 Å². The molecule has 8 rings (SSSR count). The molecule has 3 N–H and O–H groups in total. The lowest BCUT2D eigenvalue weighted by atomic mass is 9.44. The number of Topliss-reactive ketones (excluding diaryl/α,β-unsaturated/α-hetero) is 1. The molecule has 5 aliphatic rings. The number of aliphatic hydroxyl groups excluding tert-OH is 1. The van der Waals surface area contributed by atoms with Gasteiger partial charge in [-0.15, -0.1) is 0 Å². The fourth-order valence-corrected chi connectivity index (χ4v) is 11.4. The number of nitrogens with one attached hydrogen (secondary N) is 1. The molecule has 3 unspecified atom stereocenters. The second-order valence-electron chi connectivity index (χ2n) is 16.7. The van der Waals surface area contributed by atoms with E-state index < -0.39 is 64.3 Å². The molecule has 0 radical (unpaired) electrons. The van der Waals surface area contributed by atoms with Gasteiger partial charge in [-0.05, 0) is 98.3 Å². The van der Waals surface area contributed by atoms with Crippen LogP contribution in [0, 0.1) is 40.4 Å². The number of benzene rings is 2. The number of halogens is 2. The Balaban J connectivity index is 0.946. The van der Waals surface area contributed by atoms with Gasteiger partial charge in [0, 0.05) is 51.5 Å². The topological polar surface area (TPSA) is 143 Å². The smallest absolute Gasteiger partial charge is 0.338 e. The number of carbonyl (C=O) groups excluding carboxylic acids is 4. The van der Waals surface area contributed by atoms with E-state index in [1.807, 2.05) is 25.1 Å². The summed E-state index contributed by atoms with van der Waals surface area (Å²) in [5.74, 6) is -3.93. The maximum Gasteiger partial charge on any atom is 0.338 e. The molecule has 11 atom stereocenters. The molecule has 11 heteroatoms. The largest absolute Gasteiger partial charge is 0.454 e. The van der Waals surface area contributed by atoms with Crippen LogP contribution in [0.4, 0.5) is 10.1 Å². The highest BCUT2D eigenvalue weighted by Crippen LogP contribution is 2.70. The van der Waals surface area contributed by atoms with Crippen molar-refractivity contribution in [3.05, 3.63) is 94.8 Å². The van der Waals surface area contributed by atoms with Crippen LogP contribution in [0.1, 0.15) is 75.2 Å². The third-order valence-electron chi connectivity index (χ3n) is 14.2. The Morgan fingerprint density at radius 3 is 2.65 bits per heavy atom. The van der Waals surface area contributed by atoms with Crippen molar-refractivity contribution in [3.8, 4) is 0 Å². The Bertz CT molecular complexity index is 2190. The number of amides is 1. The summed E-state index contributed by atoms with van der Waals surface area (Å²) in [6.07, 6.45) is 7.19. The first kappa shape index (κ1) is 36.7. The van der Waals surface area contributed by atoms with Crippen LogP contribution in [0.2, 0.25) is 5.02 Å². The van der Waals surface area contributed by atoms with Gasteiger partial charge in [-0.2, -0.15) is 0 Å². The number of hydrogen-bond donors (Lipinski definition) is 3. The highest BCUT2D eigenvalue weighted by molar-refractivity contribution is 6.35. The molecule has 9 nitrogen and oxygen atoms in total. The fourth-order valence-electron chi connectivity index (χ4n) is 11.1. The van der Waals surface area contributed by atoms with Crippen molar-refractivity contribution in [2.45, 2.75) is 76.7 Å². The number of aromatic nitrogens is 1. The molecule has 0 aliphatic heterocycles. The van der Waals surface area contributed by atoms with Crippen molar-refractivity contribution in [1.82, 2.24) is 4.98 Å². The van der Waals surface area contributed by atoms with E-state index in [-0.39, 0.29) is 41.4 Å². The number of fused-ring (bicyclic) bond motifs is 6. The number of hydrogen-bond acceptors (Lipinski definition) is 8. The van der Waals surface area contributed by atoms with Crippen LogP contribution in [0.3, 0.4) is 0 Å². The van der Waals surface area contributed by atoms with Crippen LogP contribution < -0.4 is 5.32 Å². The van der Waals surface area contributed by atoms with Gasteiger partial charge in [-0.25, -0.2) is 9.18 Å². The number of alkyl halides is 1. The molecule has 4 fully saturated rings. The monoisotopic (exact) mass is 754 g/mol. The first-order valence-corrected chi connectivity index (χ1v) is 19.1. The van der Waals surface area contributed by atoms with Gasteiger partial charge in [0.25, 0.3) is 0 Å². The zero-order valence-electron chi connectivity index (χ0n) is 30.6. The zero-order chi connectivity index (χ0) is 38.5. The lowest BCUT2D eigenvalue weighted by Gasteiger charge is -2.62. The second kappa shape index (κ2) is 12.6. The summed E-state index contributed by atoms with van der Waals surface area (Å²) in [4.78, 5) is 57.0. The van der Waals surface area contributed by atoms with Crippen LogP contribution in [-0.4, -0.2) is 62.6 Å². The third kappa shape index (κ3) is 5.19. The molecule has 4 saturated carbocycles. The molecular formula is C43H44ClFN2O7. The molecule has 1 amide bonds. The first-order valence-electron chi connectivity index (χ1n) is 18.7. The number of carbonyl (C=O) groups is 4. The summed E-state index contributed by atoms with van der Waals surface area (Å²) in [6, 6.07) is 12.3. The minimum absolute atomic E-state index is 0.0118. The van der Waals surface area contributed by atoms with E-state index in [4.69, 9.17) is 16.3 Å². The minimum atomic E-state index is -2.09. The minimum Gasteiger partial charge on any atom is -0.454 e. The molecule has 0 bridgehead atoms. The normalized spacial score (nSPS) is 37.8. The van der Waals surface area contributed by atoms with Gasteiger partial charge in [0.05, 0.1) is 16.7 Å². The summed E-state index contributed by atoms with van der Waals surface area (Å²) in [5, 5.41) is 29.0. The number of pyridine rings is 1. The summed E-state index contributed by atoms with van der Waals surface area (Å²) < 4.78 is 23.1. The number of aliphatic hydroxyl groups is 2. The molecule has 1 aromatic heterocycles. The standard InChI is InChI=1S/C43H44ClFN2O7/c1-22-14-32-31-11-9-27-16-29(48)12-13-40(27,3)42(31,45)34(49)18-41(32,4)43(22,53)35(50)21-54-39(52)25-7-5-6-24(15-25)36-23(2)37(36)38(51)47-28-10-8-26-19-46-20-33(44)30(26)17-28/h5-8,10,12-13,15-17,19-20,22-23,31-32,34,36-37,49,53H,9,11,14,18,21H2,1-4H3,(H,47,51)/t22-,23?,31+,32+,34+,36?,37?,40+,41+,42+,43+/m1/s1. The van der Waals surface area contributed by atoms with E-state index in [1.165, 1.54) is 12.2 Å². The lowest BCUT2D eigenvalue weighted by Crippen LogP contribution is -2.69. The van der Waals surface area contributed by atoms with E-state index in [0.29, 0.717) is 35.5 Å². The van der Waals surface area contributed by atoms with E-state index in [9.17, 15) is 29.4 Å².